The topological polar surface area (TPSA) is 322 Å². The van der Waals surface area contributed by atoms with Gasteiger partial charge in [-0.05, 0) is 44.7 Å². The van der Waals surface area contributed by atoms with Crippen molar-refractivity contribution in [1.29, 1.82) is 0 Å². The fourth-order valence-corrected chi connectivity index (χ4v) is 15.0. The lowest BCUT2D eigenvalue weighted by atomic mass is 10.0. The van der Waals surface area contributed by atoms with Crippen LogP contribution in [0.1, 0.15) is 131 Å². The molecule has 4 N–H and O–H groups in total. The zero-order chi connectivity index (χ0) is 64.4. The van der Waals surface area contributed by atoms with Gasteiger partial charge < -0.3 is 55.6 Å². The van der Waals surface area contributed by atoms with Crippen molar-refractivity contribution >= 4 is 110 Å². The molecule has 2 unspecified atom stereocenters. The number of pyridine rings is 2. The second kappa shape index (κ2) is 32.8. The number of nitrogens with zero attached hydrogens (tertiary/aromatic N) is 10. The number of rotatable bonds is 35. The third-order valence-corrected chi connectivity index (χ3v) is 20.0. The molecule has 90 heavy (non-hydrogen) atoms. The van der Waals surface area contributed by atoms with E-state index in [0.717, 1.165) is 83.7 Å². The number of hydrogen-bond acceptors (Lipinski definition) is 21. The van der Waals surface area contributed by atoms with Crippen LogP contribution in [0.4, 0.5) is 5.13 Å². The number of carboxylic acid groups (broad SMARTS) is 2. The number of unbranched alkanes of at least 4 members (excludes halogenated alkanes) is 11. The first-order valence-corrected chi connectivity index (χ1v) is 34.1. The van der Waals surface area contributed by atoms with Crippen LogP contribution in [0, 0.1) is 6.92 Å². The first-order valence-electron chi connectivity index (χ1n) is 30.2. The van der Waals surface area contributed by atoms with Gasteiger partial charge in [0.2, 0.25) is 11.8 Å². The SMILES string of the molecule is CCN(Cc1cc[n+](CC2=C(C(=O)[O-])N3C(=O)[C@@H](NC(=O)/C(=N/OC)c4csc(C)n4)C3SC2)cc1)C(=O)CCCCCCCCCCCCCCC(=O)N(CC)Cc1cc[n+](CC2=C(C(=O)[O-])N3C(=O)[C@@H](NC(=O)/C(=N/OC)c4csc(N)n4)C3SC2)cc1. The minimum Gasteiger partial charge on any atom is -0.543 e. The Hall–Kier alpha value is -7.76. The molecule has 2 saturated heterocycles. The van der Waals surface area contributed by atoms with Crippen molar-refractivity contribution in [3.05, 3.63) is 110 Å². The van der Waals surface area contributed by atoms with Gasteiger partial charge in [-0.3, -0.25) is 38.6 Å². The number of aryl methyl sites for hydroxylation is 1. The summed E-state index contributed by atoms with van der Waals surface area (Å²) in [4.78, 5) is 128. The van der Waals surface area contributed by atoms with Gasteiger partial charge in [0.1, 0.15) is 48.4 Å². The fraction of sp³-hybridized carbons (Fsp3) is 0.508. The van der Waals surface area contributed by atoms with Crippen LogP contribution in [0.3, 0.4) is 0 Å². The van der Waals surface area contributed by atoms with Crippen molar-refractivity contribution in [2.24, 2.45) is 10.3 Å². The van der Waals surface area contributed by atoms with Crippen molar-refractivity contribution in [3.63, 3.8) is 0 Å². The molecule has 4 atom stereocenters. The van der Waals surface area contributed by atoms with Crippen LogP contribution in [-0.2, 0) is 74.2 Å². The molecule has 4 aliphatic heterocycles. The van der Waals surface area contributed by atoms with Gasteiger partial charge in [0.25, 0.3) is 23.6 Å². The molecule has 25 nitrogen and oxygen atoms in total. The Morgan fingerprint density at radius 1 is 0.622 bits per heavy atom. The van der Waals surface area contributed by atoms with Gasteiger partial charge in [-0.2, -0.15) is 0 Å². The molecule has 8 heterocycles. The Bertz CT molecular complexity index is 3170. The smallest absolute Gasteiger partial charge is 0.276 e. The monoisotopic (exact) mass is 1310 g/mol. The summed E-state index contributed by atoms with van der Waals surface area (Å²) in [5, 5.41) is 40.6. The van der Waals surface area contributed by atoms with Gasteiger partial charge in [0.05, 0.1) is 28.3 Å². The molecule has 0 bridgehead atoms. The third-order valence-electron chi connectivity index (χ3n) is 15.9. The Kier molecular flexibility index (Phi) is 24.9. The van der Waals surface area contributed by atoms with Crippen LogP contribution in [0.2, 0.25) is 0 Å². The van der Waals surface area contributed by atoms with Crippen molar-refractivity contribution in [3.8, 4) is 0 Å². The number of β-lactam (4-membered cyclic amide) rings is 2. The average molecular weight is 1310 g/mol. The van der Waals surface area contributed by atoms with Crippen molar-refractivity contribution in [1.82, 2.24) is 40.2 Å². The molecule has 0 spiro atoms. The third kappa shape index (κ3) is 17.2. The van der Waals surface area contributed by atoms with E-state index in [2.05, 4.69) is 30.9 Å². The highest BCUT2D eigenvalue weighted by atomic mass is 32.2. The molecule has 4 aromatic heterocycles. The highest BCUT2D eigenvalue weighted by Crippen LogP contribution is 2.42. The molecule has 29 heteroatoms. The first-order chi connectivity index (χ1) is 43.4. The Morgan fingerprint density at radius 2 is 1.00 bits per heavy atom. The maximum Gasteiger partial charge on any atom is 0.276 e. The number of thiazole rings is 2. The lowest BCUT2D eigenvalue weighted by Gasteiger charge is -2.50. The number of aliphatic carboxylic acids is 2. The predicted molar refractivity (Wildman–Crippen MR) is 335 cm³/mol. The number of anilines is 1. The zero-order valence-corrected chi connectivity index (χ0v) is 54.5. The number of nitrogens with one attached hydrogen (secondary N) is 2. The van der Waals surface area contributed by atoms with Gasteiger partial charge in [0, 0.05) is 96.7 Å². The van der Waals surface area contributed by atoms with E-state index in [1.165, 1.54) is 85.0 Å². The average Bonchev–Trinajstić information content (AvgIpc) is 0.827. The van der Waals surface area contributed by atoms with E-state index in [-0.39, 0.29) is 64.3 Å². The number of oxime groups is 2. The van der Waals surface area contributed by atoms with Crippen molar-refractivity contribution in [2.75, 3.05) is 44.5 Å². The van der Waals surface area contributed by atoms with Crippen molar-refractivity contribution in [2.45, 2.75) is 160 Å². The van der Waals surface area contributed by atoms with Crippen molar-refractivity contribution < 1.29 is 67.4 Å². The van der Waals surface area contributed by atoms with Gasteiger partial charge in [-0.15, -0.1) is 46.2 Å². The molecule has 4 aliphatic rings. The molecular formula is C61H77N13O12S4. The molecule has 8 rings (SSSR count). The molecule has 0 radical (unpaired) electrons. The molecular weight excluding hydrogens is 1240 g/mol. The van der Waals surface area contributed by atoms with E-state index in [9.17, 15) is 48.6 Å². The highest BCUT2D eigenvalue weighted by Gasteiger charge is 2.55. The van der Waals surface area contributed by atoms with Crippen LogP contribution in [0.15, 0.2) is 92.7 Å². The maximum absolute atomic E-state index is 13.4. The Balaban J connectivity index is 0.655. The number of amides is 6. The van der Waals surface area contributed by atoms with Crippen LogP contribution in [0.5, 0.6) is 0 Å². The summed E-state index contributed by atoms with van der Waals surface area (Å²) >= 11 is 5.13. The number of aromatic nitrogens is 4. The minimum absolute atomic E-state index is 0.0895. The van der Waals surface area contributed by atoms with E-state index >= 15 is 0 Å². The molecule has 0 aromatic carbocycles. The first kappa shape index (κ1) is 68.2. The van der Waals surface area contributed by atoms with Crippen LogP contribution < -0.4 is 35.7 Å². The normalized spacial score (nSPS) is 18.1. The lowest BCUT2D eigenvalue weighted by Crippen LogP contribution is -2.71. The quantitative estimate of drug-likeness (QED) is 0.0196. The van der Waals surface area contributed by atoms with Crippen LogP contribution in [0.25, 0.3) is 0 Å². The number of hydrogen-bond donors (Lipinski definition) is 3. The number of carbonyl (C=O) groups excluding carboxylic acids is 8. The highest BCUT2D eigenvalue weighted by molar-refractivity contribution is 8.00. The maximum atomic E-state index is 13.4. The lowest BCUT2D eigenvalue weighted by molar-refractivity contribution is -0.689. The summed E-state index contributed by atoms with van der Waals surface area (Å²) in [6.45, 7) is 8.15. The Labute approximate surface area is 539 Å². The second-order valence-electron chi connectivity index (χ2n) is 22.1. The Morgan fingerprint density at radius 3 is 1.33 bits per heavy atom. The van der Waals surface area contributed by atoms with Gasteiger partial charge in [-0.25, -0.2) is 19.1 Å². The van der Waals surface area contributed by atoms with E-state index in [0.29, 0.717) is 61.6 Å². The summed E-state index contributed by atoms with van der Waals surface area (Å²) in [7, 11) is 2.57. The standard InChI is InChI=1S/C61H77N13O12S4/c1-6-71(30-39-22-26-69(27-23-39)32-41-34-88-57-49(55(79)73(57)51(41)59(81)82)65-53(77)47(67-85-4)43-36-87-38(3)63-43)45(75)20-18-16-14-12-10-8-9-11-13-15-17-19-21-46(76)72(7-2)31-40-24-28-70(29-25-40)33-42-35-89-58-50(56(80)74(58)52(42)60(83)84)66-54(78)48(68-86-5)44-37-90-61(62)64-44/h22-29,36-37,49-50,57-58H,6-21,30-35H2,1-5H3,(H4-2,62,64,65,66,77,78,81,82,83,84)/b67-47+,68-48+/t49-,50-,57?,58?/m1/s1. The van der Waals surface area contributed by atoms with Crippen LogP contribution in [-0.4, -0.2) is 150 Å². The summed E-state index contributed by atoms with van der Waals surface area (Å²) in [5.41, 5.74) is 8.40. The van der Waals surface area contributed by atoms with E-state index in [4.69, 9.17) is 15.4 Å². The number of fused-ring (bicyclic) bond motifs is 2. The van der Waals surface area contributed by atoms with E-state index < -0.39 is 58.4 Å². The minimum atomic E-state index is -1.48. The fourth-order valence-electron chi connectivity index (χ4n) is 11.1. The number of nitrogens with two attached hydrogens (primary N) is 1. The van der Waals surface area contributed by atoms with Gasteiger partial charge >= 0.3 is 0 Å². The molecule has 0 saturated carbocycles. The number of nitrogen functional groups attached to an aromatic ring is 1. The predicted octanol–water partition coefficient (Wildman–Crippen LogP) is 2.83. The summed E-state index contributed by atoms with van der Waals surface area (Å²) in [6, 6.07) is 5.64. The summed E-state index contributed by atoms with van der Waals surface area (Å²) in [5.74, 6) is -4.69. The number of thioether (sulfide) groups is 2. The van der Waals surface area contributed by atoms with E-state index in [1.54, 1.807) is 12.3 Å². The number of carbonyl (C=O) groups is 8. The molecule has 6 amide bonds. The molecule has 0 aliphatic carbocycles. The van der Waals surface area contributed by atoms with Gasteiger partial charge in [0.15, 0.2) is 54.4 Å². The molecule has 2 fully saturated rings. The summed E-state index contributed by atoms with van der Waals surface area (Å²) < 4.78 is 3.64. The van der Waals surface area contributed by atoms with Gasteiger partial charge in [-0.1, -0.05) is 74.5 Å². The number of carboxylic acids is 2. The molecule has 482 valence electrons. The zero-order valence-electron chi connectivity index (χ0n) is 51.2. The largest absolute Gasteiger partial charge is 0.543 e. The second-order valence-corrected chi connectivity index (χ2v) is 26.2. The van der Waals surface area contributed by atoms with Crippen LogP contribution >= 0.6 is 46.2 Å². The molecule has 4 aromatic rings. The summed E-state index contributed by atoms with van der Waals surface area (Å²) in [6.07, 6.45) is 21.1. The van der Waals surface area contributed by atoms with E-state index in [1.807, 2.05) is 81.8 Å².